The van der Waals surface area contributed by atoms with Crippen LogP contribution in [0.15, 0.2) is 36.5 Å². The van der Waals surface area contributed by atoms with Gasteiger partial charge < -0.3 is 15.2 Å². The maximum atomic E-state index is 13.9. The molecular weight excluding hydrogens is 357 g/mol. The second kappa shape index (κ2) is 6.44. The number of imidazole rings is 1. The second-order valence-corrected chi connectivity index (χ2v) is 7.34. The van der Waals surface area contributed by atoms with Gasteiger partial charge in [-0.05, 0) is 43.2 Å². The maximum Gasteiger partial charge on any atom is 0.219 e. The number of fused-ring (bicyclic) bond motifs is 5. The van der Waals surface area contributed by atoms with E-state index in [0.717, 1.165) is 54.3 Å². The summed E-state index contributed by atoms with van der Waals surface area (Å²) in [5, 5.41) is 3.24. The van der Waals surface area contributed by atoms with Crippen molar-refractivity contribution in [2.75, 3.05) is 18.4 Å². The van der Waals surface area contributed by atoms with Gasteiger partial charge in [0.1, 0.15) is 17.5 Å². The number of aromatic amines is 1. The number of rotatable bonds is 1. The van der Waals surface area contributed by atoms with E-state index in [-0.39, 0.29) is 17.6 Å². The van der Waals surface area contributed by atoms with Crippen LogP contribution in [0, 0.1) is 5.82 Å². The molecule has 2 aliphatic heterocycles. The van der Waals surface area contributed by atoms with Gasteiger partial charge in [0.2, 0.25) is 5.91 Å². The normalized spacial score (nSPS) is 15.9. The summed E-state index contributed by atoms with van der Waals surface area (Å²) < 4.78 is 13.9. The smallest absolute Gasteiger partial charge is 0.219 e. The summed E-state index contributed by atoms with van der Waals surface area (Å²) in [5.74, 6) is 1.67. The number of aromatic nitrogens is 3. The highest BCUT2D eigenvalue weighted by Gasteiger charge is 2.28. The van der Waals surface area contributed by atoms with E-state index in [2.05, 4.69) is 15.3 Å². The number of pyridine rings is 1. The van der Waals surface area contributed by atoms with Crippen molar-refractivity contribution < 1.29 is 9.18 Å². The molecular formula is C21H20FN5O. The van der Waals surface area contributed by atoms with Gasteiger partial charge in [-0.15, -0.1) is 0 Å². The lowest BCUT2D eigenvalue weighted by atomic mass is 9.96. The number of nitrogens with one attached hydrogen (secondary N) is 2. The molecule has 1 saturated heterocycles. The largest absolute Gasteiger partial charge is 0.343 e. The predicted octanol–water partition coefficient (Wildman–Crippen LogP) is 4.06. The van der Waals surface area contributed by atoms with E-state index in [0.29, 0.717) is 11.5 Å². The van der Waals surface area contributed by atoms with Crippen LogP contribution in [-0.4, -0.2) is 38.8 Å². The number of anilines is 2. The van der Waals surface area contributed by atoms with Gasteiger partial charge in [0, 0.05) is 43.3 Å². The third-order valence-electron chi connectivity index (χ3n) is 5.62. The van der Waals surface area contributed by atoms with Crippen LogP contribution in [0.3, 0.4) is 0 Å². The first-order chi connectivity index (χ1) is 13.6. The fourth-order valence-corrected chi connectivity index (χ4v) is 4.10. The van der Waals surface area contributed by atoms with E-state index >= 15 is 0 Å². The molecule has 0 bridgehead atoms. The number of carbonyl (C=O) groups excluding carboxylic acids is 1. The number of H-pyrrole nitrogens is 1. The Morgan fingerprint density at radius 3 is 2.82 bits per heavy atom. The maximum absolute atomic E-state index is 13.9. The average molecular weight is 377 g/mol. The van der Waals surface area contributed by atoms with Gasteiger partial charge in [-0.25, -0.2) is 14.4 Å². The molecule has 4 heterocycles. The van der Waals surface area contributed by atoms with Crippen LogP contribution in [0.2, 0.25) is 0 Å². The fourth-order valence-electron chi connectivity index (χ4n) is 4.10. The van der Waals surface area contributed by atoms with Crippen LogP contribution in [0.5, 0.6) is 0 Å². The highest BCUT2D eigenvalue weighted by atomic mass is 19.1. The number of likely N-dealkylation sites (tertiary alicyclic amines) is 1. The number of halogens is 1. The average Bonchev–Trinajstić information content (AvgIpc) is 3.09. The van der Waals surface area contributed by atoms with Crippen molar-refractivity contribution in [1.29, 1.82) is 0 Å². The van der Waals surface area contributed by atoms with Gasteiger partial charge >= 0.3 is 0 Å². The summed E-state index contributed by atoms with van der Waals surface area (Å²) >= 11 is 0. The summed E-state index contributed by atoms with van der Waals surface area (Å²) in [4.78, 5) is 26.3. The van der Waals surface area contributed by atoms with Crippen LogP contribution in [0.1, 0.15) is 31.5 Å². The molecule has 1 aromatic carbocycles. The molecule has 2 aliphatic rings. The fraction of sp³-hybridized carbons (Fsp3) is 0.286. The van der Waals surface area contributed by atoms with Crippen molar-refractivity contribution >= 4 is 17.4 Å². The van der Waals surface area contributed by atoms with Gasteiger partial charge in [-0.3, -0.25) is 4.79 Å². The summed E-state index contributed by atoms with van der Waals surface area (Å²) in [6.07, 6.45) is 3.46. The summed E-state index contributed by atoms with van der Waals surface area (Å²) in [7, 11) is 0. The van der Waals surface area contributed by atoms with Gasteiger partial charge in [0.15, 0.2) is 0 Å². The van der Waals surface area contributed by atoms with E-state index < -0.39 is 0 Å². The number of nitrogens with zero attached hydrogens (tertiary/aromatic N) is 3. The standard InChI is InChI=1S/C21H20FN5O/c1-12(28)27-9-6-13(7-10-27)20-25-18-15-5-4-14(22)11-17(15)24-21-16(19(18)26-20)3-2-8-23-21/h2-5,8,11,13H,6-7,9-10H2,1H3,(H,23,24)(H,25,26). The minimum Gasteiger partial charge on any atom is -0.343 e. The van der Waals surface area contributed by atoms with Crippen molar-refractivity contribution in [3.05, 3.63) is 48.2 Å². The Balaban J connectivity index is 1.59. The molecule has 1 amide bonds. The zero-order valence-corrected chi connectivity index (χ0v) is 15.5. The SMILES string of the molecule is CC(=O)N1CCC(c2nc3c([nH]2)-c2cccnc2Nc2cc(F)ccc2-3)CC1. The Bertz CT molecular complexity index is 1070. The molecule has 1 fully saturated rings. The van der Waals surface area contributed by atoms with Crippen molar-refractivity contribution in [2.24, 2.45) is 0 Å². The molecule has 6 nitrogen and oxygen atoms in total. The van der Waals surface area contributed by atoms with Crippen molar-refractivity contribution in [2.45, 2.75) is 25.7 Å². The van der Waals surface area contributed by atoms with Gasteiger partial charge in [-0.2, -0.15) is 0 Å². The molecule has 0 saturated carbocycles. The lowest BCUT2D eigenvalue weighted by Gasteiger charge is -2.30. The Morgan fingerprint density at radius 1 is 1.21 bits per heavy atom. The summed E-state index contributed by atoms with van der Waals surface area (Å²) in [6, 6.07) is 8.55. The predicted molar refractivity (Wildman–Crippen MR) is 105 cm³/mol. The molecule has 0 spiro atoms. The monoisotopic (exact) mass is 377 g/mol. The first kappa shape index (κ1) is 16.9. The van der Waals surface area contributed by atoms with Crippen LogP contribution in [-0.2, 0) is 4.79 Å². The van der Waals surface area contributed by atoms with Crippen LogP contribution >= 0.6 is 0 Å². The Morgan fingerprint density at radius 2 is 2.04 bits per heavy atom. The zero-order valence-electron chi connectivity index (χ0n) is 15.5. The molecule has 5 rings (SSSR count). The summed E-state index contributed by atoms with van der Waals surface area (Å²) in [6.45, 7) is 3.10. The number of benzene rings is 1. The highest BCUT2D eigenvalue weighted by molar-refractivity contribution is 5.94. The summed E-state index contributed by atoms with van der Waals surface area (Å²) in [5.41, 5.74) is 4.11. The second-order valence-electron chi connectivity index (χ2n) is 7.34. The number of hydrogen-bond donors (Lipinski definition) is 2. The van der Waals surface area contributed by atoms with Crippen LogP contribution in [0.25, 0.3) is 22.5 Å². The van der Waals surface area contributed by atoms with Crippen LogP contribution in [0.4, 0.5) is 15.9 Å². The zero-order chi connectivity index (χ0) is 19.3. The molecule has 0 radical (unpaired) electrons. The lowest BCUT2D eigenvalue weighted by molar-refractivity contribution is -0.129. The first-order valence-corrected chi connectivity index (χ1v) is 9.48. The van der Waals surface area contributed by atoms with E-state index in [1.807, 2.05) is 17.0 Å². The number of carbonyl (C=O) groups is 1. The molecule has 0 aliphatic carbocycles. The minimum atomic E-state index is -0.306. The van der Waals surface area contributed by atoms with E-state index in [9.17, 15) is 9.18 Å². The quantitative estimate of drug-likeness (QED) is 0.525. The Kier molecular flexibility index (Phi) is 3.89. The molecule has 0 atom stereocenters. The van der Waals surface area contributed by atoms with Crippen LogP contribution < -0.4 is 5.32 Å². The Labute approximate surface area is 161 Å². The molecule has 0 unspecified atom stereocenters. The van der Waals surface area contributed by atoms with E-state index in [1.165, 1.54) is 12.1 Å². The van der Waals surface area contributed by atoms with Gasteiger partial charge in [0.25, 0.3) is 0 Å². The van der Waals surface area contributed by atoms with Gasteiger partial charge in [0.05, 0.1) is 17.1 Å². The van der Waals surface area contributed by atoms with E-state index in [4.69, 9.17) is 4.98 Å². The molecule has 142 valence electrons. The molecule has 28 heavy (non-hydrogen) atoms. The van der Waals surface area contributed by atoms with E-state index in [1.54, 1.807) is 19.2 Å². The third kappa shape index (κ3) is 2.74. The first-order valence-electron chi connectivity index (χ1n) is 9.48. The Hall–Kier alpha value is -3.22. The third-order valence-corrected chi connectivity index (χ3v) is 5.62. The van der Waals surface area contributed by atoms with Crippen molar-refractivity contribution in [3.8, 4) is 22.5 Å². The van der Waals surface area contributed by atoms with Crippen molar-refractivity contribution in [3.63, 3.8) is 0 Å². The minimum absolute atomic E-state index is 0.121. The van der Waals surface area contributed by atoms with Crippen molar-refractivity contribution in [1.82, 2.24) is 19.9 Å². The number of amides is 1. The number of hydrogen-bond acceptors (Lipinski definition) is 4. The van der Waals surface area contributed by atoms with Gasteiger partial charge in [-0.1, -0.05) is 0 Å². The number of piperidine rings is 1. The molecule has 2 N–H and O–H groups in total. The lowest BCUT2D eigenvalue weighted by Crippen LogP contribution is -2.36. The molecule has 2 aromatic heterocycles. The highest BCUT2D eigenvalue weighted by Crippen LogP contribution is 2.43. The molecule has 3 aromatic rings. The topological polar surface area (TPSA) is 73.9 Å². The molecule has 7 heteroatoms.